The highest BCUT2D eigenvalue weighted by Crippen LogP contribution is 2.16. The van der Waals surface area contributed by atoms with E-state index in [4.69, 9.17) is 9.47 Å². The molecule has 0 spiro atoms. The fourth-order valence-corrected chi connectivity index (χ4v) is 1.17. The van der Waals surface area contributed by atoms with Gasteiger partial charge >= 0.3 is 12.1 Å². The summed E-state index contributed by atoms with van der Waals surface area (Å²) in [5.74, 6) is -0.267. The van der Waals surface area contributed by atoms with E-state index in [1.807, 2.05) is 0 Å². The molecule has 18 heavy (non-hydrogen) atoms. The van der Waals surface area contributed by atoms with Crippen molar-refractivity contribution in [3.63, 3.8) is 0 Å². The third-order valence-corrected chi connectivity index (χ3v) is 1.85. The van der Waals surface area contributed by atoms with Crippen molar-refractivity contribution >= 4 is 12.1 Å². The molecule has 0 aliphatic rings. The molecule has 0 aliphatic carbocycles. The zero-order chi connectivity index (χ0) is 13.8. The van der Waals surface area contributed by atoms with Gasteiger partial charge in [-0.05, 0) is 39.0 Å². The molecule has 98 valence electrons. The predicted octanol–water partition coefficient (Wildman–Crippen LogP) is 2.79. The average Bonchev–Trinajstić information content (AvgIpc) is 2.25. The van der Waals surface area contributed by atoms with E-state index >= 15 is 0 Å². The highest BCUT2D eigenvalue weighted by Gasteiger charge is 2.18. The van der Waals surface area contributed by atoms with E-state index in [9.17, 15) is 9.59 Å². The first-order valence-corrected chi connectivity index (χ1v) is 5.41. The van der Waals surface area contributed by atoms with Gasteiger partial charge in [-0.15, -0.1) is 0 Å². The number of hydrogen-bond acceptors (Lipinski definition) is 5. The standard InChI is InChI=1S/C13H16O5/c1-13(2,3)18-12(15)17-10-7-5-6-9(8-10)11(14)16-4/h5-8H,1-4H3. The lowest BCUT2D eigenvalue weighted by Crippen LogP contribution is -2.26. The van der Waals surface area contributed by atoms with Gasteiger partial charge in [0.2, 0.25) is 0 Å². The van der Waals surface area contributed by atoms with Gasteiger partial charge in [-0.25, -0.2) is 9.59 Å². The maximum Gasteiger partial charge on any atom is 0.514 e. The predicted molar refractivity (Wildman–Crippen MR) is 64.6 cm³/mol. The fourth-order valence-electron chi connectivity index (χ4n) is 1.17. The molecule has 1 aromatic carbocycles. The lowest BCUT2D eigenvalue weighted by Gasteiger charge is -2.18. The second-order valence-corrected chi connectivity index (χ2v) is 4.59. The molecule has 0 fully saturated rings. The van der Waals surface area contributed by atoms with Crippen molar-refractivity contribution in [2.45, 2.75) is 26.4 Å². The summed E-state index contributed by atoms with van der Waals surface area (Å²) in [7, 11) is 1.28. The summed E-state index contributed by atoms with van der Waals surface area (Å²) < 4.78 is 14.5. The maximum atomic E-state index is 11.4. The Hall–Kier alpha value is -2.04. The second-order valence-electron chi connectivity index (χ2n) is 4.59. The Morgan fingerprint density at radius 3 is 2.39 bits per heavy atom. The molecule has 5 nitrogen and oxygen atoms in total. The van der Waals surface area contributed by atoms with Crippen LogP contribution in [0.25, 0.3) is 0 Å². The van der Waals surface area contributed by atoms with E-state index in [1.54, 1.807) is 39.0 Å². The number of rotatable bonds is 2. The topological polar surface area (TPSA) is 61.8 Å². The van der Waals surface area contributed by atoms with Crippen LogP contribution >= 0.6 is 0 Å². The van der Waals surface area contributed by atoms with Crippen LogP contribution < -0.4 is 4.74 Å². The molecule has 0 bridgehead atoms. The van der Waals surface area contributed by atoms with Crippen molar-refractivity contribution in [1.29, 1.82) is 0 Å². The van der Waals surface area contributed by atoms with Crippen molar-refractivity contribution in [1.82, 2.24) is 0 Å². The summed E-state index contributed by atoms with van der Waals surface area (Å²) in [4.78, 5) is 22.7. The highest BCUT2D eigenvalue weighted by atomic mass is 16.7. The Kier molecular flexibility index (Phi) is 4.31. The summed E-state index contributed by atoms with van der Waals surface area (Å²) in [6.45, 7) is 5.21. The van der Waals surface area contributed by atoms with Gasteiger partial charge in [0.05, 0.1) is 12.7 Å². The minimum atomic E-state index is -0.815. The van der Waals surface area contributed by atoms with Crippen LogP contribution in [0.5, 0.6) is 5.75 Å². The first kappa shape index (κ1) is 14.0. The summed E-state index contributed by atoms with van der Waals surface area (Å²) in [5.41, 5.74) is -0.324. The molecule has 0 aromatic heterocycles. The van der Waals surface area contributed by atoms with Gasteiger partial charge in [-0.2, -0.15) is 0 Å². The first-order valence-electron chi connectivity index (χ1n) is 5.41. The molecule has 0 atom stereocenters. The lowest BCUT2D eigenvalue weighted by atomic mass is 10.2. The maximum absolute atomic E-state index is 11.4. The zero-order valence-corrected chi connectivity index (χ0v) is 10.9. The number of benzene rings is 1. The summed E-state index contributed by atoms with van der Waals surface area (Å²) >= 11 is 0. The van der Waals surface area contributed by atoms with E-state index in [2.05, 4.69) is 4.74 Å². The lowest BCUT2D eigenvalue weighted by molar-refractivity contribution is 0.0205. The van der Waals surface area contributed by atoms with Crippen LogP contribution in [-0.4, -0.2) is 24.8 Å². The molecule has 0 saturated heterocycles. The Labute approximate surface area is 106 Å². The molecule has 0 unspecified atom stereocenters. The van der Waals surface area contributed by atoms with Crippen molar-refractivity contribution in [2.24, 2.45) is 0 Å². The van der Waals surface area contributed by atoms with Gasteiger partial charge < -0.3 is 14.2 Å². The number of carbonyl (C=O) groups is 2. The first-order chi connectivity index (χ1) is 8.31. The van der Waals surface area contributed by atoms with E-state index in [0.29, 0.717) is 5.56 Å². The third-order valence-electron chi connectivity index (χ3n) is 1.85. The van der Waals surface area contributed by atoms with Crippen molar-refractivity contribution in [3.05, 3.63) is 29.8 Å². The summed E-state index contributed by atoms with van der Waals surface area (Å²) in [6, 6.07) is 6.12. The molecule has 0 heterocycles. The van der Waals surface area contributed by atoms with Crippen LogP contribution in [0.1, 0.15) is 31.1 Å². The summed E-state index contributed by atoms with van der Waals surface area (Å²) in [6.07, 6.45) is -0.815. The molecular formula is C13H16O5. The molecule has 1 rings (SSSR count). The van der Waals surface area contributed by atoms with Gasteiger partial charge in [0.25, 0.3) is 0 Å². The molecule has 0 amide bonds. The normalized spacial score (nSPS) is 10.7. The minimum Gasteiger partial charge on any atom is -0.465 e. The molecule has 0 saturated carbocycles. The number of methoxy groups -OCH3 is 1. The van der Waals surface area contributed by atoms with Gasteiger partial charge in [0.15, 0.2) is 0 Å². The van der Waals surface area contributed by atoms with Crippen molar-refractivity contribution in [3.8, 4) is 5.75 Å². The largest absolute Gasteiger partial charge is 0.514 e. The SMILES string of the molecule is COC(=O)c1cccc(OC(=O)OC(C)(C)C)c1. The molecular weight excluding hydrogens is 236 g/mol. The van der Waals surface area contributed by atoms with E-state index in [0.717, 1.165) is 0 Å². The Bertz CT molecular complexity index is 445. The molecule has 1 aromatic rings. The molecule has 0 aliphatic heterocycles. The second kappa shape index (κ2) is 5.53. The van der Waals surface area contributed by atoms with Crippen LogP contribution in [0.4, 0.5) is 4.79 Å². The van der Waals surface area contributed by atoms with Crippen LogP contribution in [0.2, 0.25) is 0 Å². The Morgan fingerprint density at radius 1 is 1.17 bits per heavy atom. The Morgan fingerprint density at radius 2 is 1.83 bits per heavy atom. The third kappa shape index (κ3) is 4.45. The smallest absolute Gasteiger partial charge is 0.465 e. The van der Waals surface area contributed by atoms with E-state index < -0.39 is 17.7 Å². The number of carbonyl (C=O) groups excluding carboxylic acids is 2. The van der Waals surface area contributed by atoms with Gasteiger partial charge in [-0.3, -0.25) is 0 Å². The van der Waals surface area contributed by atoms with E-state index in [-0.39, 0.29) is 5.75 Å². The monoisotopic (exact) mass is 252 g/mol. The Balaban J connectivity index is 2.74. The van der Waals surface area contributed by atoms with Crippen LogP contribution in [0.15, 0.2) is 24.3 Å². The van der Waals surface area contributed by atoms with Gasteiger partial charge in [0.1, 0.15) is 11.4 Å². The van der Waals surface area contributed by atoms with Crippen molar-refractivity contribution < 1.29 is 23.8 Å². The average molecular weight is 252 g/mol. The molecule has 5 heteroatoms. The number of ether oxygens (including phenoxy) is 3. The van der Waals surface area contributed by atoms with Crippen LogP contribution in [0.3, 0.4) is 0 Å². The minimum absolute atomic E-state index is 0.229. The highest BCUT2D eigenvalue weighted by molar-refractivity contribution is 5.89. The number of hydrogen-bond donors (Lipinski definition) is 0. The van der Waals surface area contributed by atoms with Gasteiger partial charge in [0, 0.05) is 0 Å². The quantitative estimate of drug-likeness (QED) is 0.598. The van der Waals surface area contributed by atoms with Crippen LogP contribution in [0, 0.1) is 0 Å². The van der Waals surface area contributed by atoms with Crippen molar-refractivity contribution in [2.75, 3.05) is 7.11 Å². The summed E-state index contributed by atoms with van der Waals surface area (Å²) in [5, 5.41) is 0. The van der Waals surface area contributed by atoms with E-state index in [1.165, 1.54) is 13.2 Å². The fraction of sp³-hybridized carbons (Fsp3) is 0.385. The molecule has 0 radical (unpaired) electrons. The van der Waals surface area contributed by atoms with Crippen LogP contribution in [-0.2, 0) is 9.47 Å². The molecule has 0 N–H and O–H groups in total. The zero-order valence-electron chi connectivity index (χ0n) is 10.9. The van der Waals surface area contributed by atoms with Gasteiger partial charge in [-0.1, -0.05) is 6.07 Å². The number of esters is 1.